The van der Waals surface area contributed by atoms with Crippen molar-refractivity contribution in [1.29, 1.82) is 0 Å². The van der Waals surface area contributed by atoms with Crippen molar-refractivity contribution < 1.29 is 4.74 Å². The molecule has 0 radical (unpaired) electrons. The number of hydrogen-bond donors (Lipinski definition) is 0. The van der Waals surface area contributed by atoms with Crippen LogP contribution >= 0.6 is 0 Å². The van der Waals surface area contributed by atoms with Gasteiger partial charge in [0.1, 0.15) is 11.5 Å². The highest BCUT2D eigenvalue weighted by atomic mass is 16.5. The van der Waals surface area contributed by atoms with Gasteiger partial charge in [-0.1, -0.05) is 61.9 Å². The zero-order chi connectivity index (χ0) is 15.8. The predicted octanol–water partition coefficient (Wildman–Crippen LogP) is 6.72. The minimum atomic E-state index is 0.865. The molecule has 0 amide bonds. The zero-order valence-corrected chi connectivity index (χ0v) is 13.7. The lowest BCUT2D eigenvalue weighted by Crippen LogP contribution is -1.88. The van der Waals surface area contributed by atoms with Crippen molar-refractivity contribution in [1.82, 2.24) is 0 Å². The van der Waals surface area contributed by atoms with Gasteiger partial charge >= 0.3 is 0 Å². The number of unbranched alkanes of at least 4 members (excludes halogenated alkanes) is 1. The van der Waals surface area contributed by atoms with Crippen LogP contribution in [0.2, 0.25) is 0 Å². The van der Waals surface area contributed by atoms with E-state index < -0.39 is 0 Å². The highest BCUT2D eigenvalue weighted by molar-refractivity contribution is 5.64. The van der Waals surface area contributed by atoms with Crippen LogP contribution in [0.5, 0.6) is 11.5 Å². The molecule has 0 bridgehead atoms. The molecule has 0 heterocycles. The summed E-state index contributed by atoms with van der Waals surface area (Å²) in [7, 11) is 0. The molecule has 2 aromatic carbocycles. The van der Waals surface area contributed by atoms with Crippen molar-refractivity contribution in [2.75, 3.05) is 0 Å². The van der Waals surface area contributed by atoms with E-state index >= 15 is 0 Å². The normalized spacial score (nSPS) is 11.9. The third-order valence-corrected chi connectivity index (χ3v) is 3.54. The van der Waals surface area contributed by atoms with E-state index in [9.17, 15) is 0 Å². The van der Waals surface area contributed by atoms with Crippen LogP contribution in [0.15, 0.2) is 60.7 Å². The quantitative estimate of drug-likeness (QED) is 0.574. The van der Waals surface area contributed by atoms with Crippen LogP contribution in [0.1, 0.15) is 44.7 Å². The molecule has 2 aromatic rings. The van der Waals surface area contributed by atoms with Crippen LogP contribution in [0.4, 0.5) is 0 Å². The Labute approximate surface area is 134 Å². The summed E-state index contributed by atoms with van der Waals surface area (Å²) in [6, 6.07) is 16.4. The van der Waals surface area contributed by atoms with E-state index in [1.807, 2.05) is 43.3 Å². The Hall–Kier alpha value is -2.28. The van der Waals surface area contributed by atoms with Crippen LogP contribution in [0, 0.1) is 0 Å². The Morgan fingerprint density at radius 1 is 1.05 bits per heavy atom. The average molecular weight is 292 g/mol. The van der Waals surface area contributed by atoms with Crippen molar-refractivity contribution in [3.05, 3.63) is 71.8 Å². The first-order chi connectivity index (χ1) is 10.7. The third kappa shape index (κ3) is 4.36. The van der Waals surface area contributed by atoms with Gasteiger partial charge in [0.05, 0.1) is 0 Å². The molecule has 0 aliphatic rings. The molecule has 0 saturated carbocycles. The molecular formula is C21H24O. The van der Waals surface area contributed by atoms with Gasteiger partial charge in [-0.05, 0) is 49.6 Å². The Morgan fingerprint density at radius 2 is 1.77 bits per heavy atom. The van der Waals surface area contributed by atoms with E-state index in [0.29, 0.717) is 0 Å². The number of rotatable bonds is 6. The lowest BCUT2D eigenvalue weighted by molar-refractivity contribution is 0.481. The van der Waals surface area contributed by atoms with Gasteiger partial charge in [0.2, 0.25) is 0 Å². The smallest absolute Gasteiger partial charge is 0.134 e. The molecule has 0 fully saturated rings. The summed E-state index contributed by atoms with van der Waals surface area (Å²) in [5, 5.41) is 0. The maximum absolute atomic E-state index is 6.01. The van der Waals surface area contributed by atoms with Crippen molar-refractivity contribution in [3.63, 3.8) is 0 Å². The number of allylic oxidation sites excluding steroid dienone is 3. The lowest BCUT2D eigenvalue weighted by atomic mass is 10.1. The van der Waals surface area contributed by atoms with Crippen LogP contribution in [-0.2, 0) is 0 Å². The molecule has 0 spiro atoms. The van der Waals surface area contributed by atoms with Gasteiger partial charge in [-0.15, -0.1) is 0 Å². The summed E-state index contributed by atoms with van der Waals surface area (Å²) < 4.78 is 6.01. The largest absolute Gasteiger partial charge is 0.457 e. The van der Waals surface area contributed by atoms with Crippen molar-refractivity contribution in [2.24, 2.45) is 0 Å². The standard InChI is InChI=1S/C21H24O/c1-4-6-10-17(3)18-13-15-20(16-14-18)22-21-12-8-7-11-19(21)9-5-2/h5,7-16H,4,6H2,1-3H3/b9-5-,17-10+. The molecule has 0 aliphatic heterocycles. The van der Waals surface area contributed by atoms with Gasteiger partial charge in [0.15, 0.2) is 0 Å². The zero-order valence-electron chi connectivity index (χ0n) is 13.7. The van der Waals surface area contributed by atoms with Gasteiger partial charge in [0, 0.05) is 5.56 Å². The Bertz CT molecular complexity index is 648. The minimum absolute atomic E-state index is 0.865. The van der Waals surface area contributed by atoms with Crippen LogP contribution in [-0.4, -0.2) is 0 Å². The van der Waals surface area contributed by atoms with Gasteiger partial charge in [-0.3, -0.25) is 0 Å². The van der Waals surface area contributed by atoms with Crippen LogP contribution in [0.3, 0.4) is 0 Å². The average Bonchev–Trinajstić information content (AvgIpc) is 2.55. The summed E-state index contributed by atoms with van der Waals surface area (Å²) in [6.45, 7) is 6.37. The number of para-hydroxylation sites is 1. The van der Waals surface area contributed by atoms with Crippen LogP contribution in [0.25, 0.3) is 11.6 Å². The molecule has 0 atom stereocenters. The van der Waals surface area contributed by atoms with Crippen molar-refractivity contribution in [2.45, 2.75) is 33.6 Å². The highest BCUT2D eigenvalue weighted by Gasteiger charge is 2.02. The fourth-order valence-corrected chi connectivity index (χ4v) is 2.28. The van der Waals surface area contributed by atoms with E-state index in [-0.39, 0.29) is 0 Å². The second kappa shape index (κ2) is 8.23. The highest BCUT2D eigenvalue weighted by Crippen LogP contribution is 2.27. The van der Waals surface area contributed by atoms with E-state index in [1.54, 1.807) is 0 Å². The molecular weight excluding hydrogens is 268 g/mol. The van der Waals surface area contributed by atoms with Gasteiger partial charge in [-0.2, -0.15) is 0 Å². The predicted molar refractivity (Wildman–Crippen MR) is 96.2 cm³/mol. The fraction of sp³-hybridized carbons (Fsp3) is 0.238. The monoisotopic (exact) mass is 292 g/mol. The fourth-order valence-electron chi connectivity index (χ4n) is 2.28. The van der Waals surface area contributed by atoms with E-state index in [0.717, 1.165) is 23.5 Å². The molecule has 0 N–H and O–H groups in total. The summed E-state index contributed by atoms with van der Waals surface area (Å²) in [6.07, 6.45) is 8.67. The Balaban J connectivity index is 2.15. The summed E-state index contributed by atoms with van der Waals surface area (Å²) >= 11 is 0. The maximum Gasteiger partial charge on any atom is 0.134 e. The van der Waals surface area contributed by atoms with Gasteiger partial charge < -0.3 is 4.74 Å². The molecule has 1 heteroatoms. The van der Waals surface area contributed by atoms with Gasteiger partial charge in [0.25, 0.3) is 0 Å². The molecule has 0 aromatic heterocycles. The molecule has 2 rings (SSSR count). The maximum atomic E-state index is 6.01. The third-order valence-electron chi connectivity index (χ3n) is 3.54. The Morgan fingerprint density at radius 3 is 2.45 bits per heavy atom. The van der Waals surface area contributed by atoms with Gasteiger partial charge in [-0.25, -0.2) is 0 Å². The number of ether oxygens (including phenoxy) is 1. The molecule has 1 nitrogen and oxygen atoms in total. The van der Waals surface area contributed by atoms with E-state index in [2.05, 4.69) is 44.2 Å². The molecule has 22 heavy (non-hydrogen) atoms. The summed E-state index contributed by atoms with van der Waals surface area (Å²) in [5.41, 5.74) is 3.67. The molecule has 0 aliphatic carbocycles. The SMILES string of the molecule is C/C=C\c1ccccc1Oc1ccc(/C(C)=C/CCC)cc1. The first-order valence-corrected chi connectivity index (χ1v) is 7.91. The van der Waals surface area contributed by atoms with Crippen LogP contribution < -0.4 is 4.74 Å². The topological polar surface area (TPSA) is 9.23 Å². The molecule has 114 valence electrons. The lowest BCUT2D eigenvalue weighted by Gasteiger charge is -2.10. The number of benzene rings is 2. The summed E-state index contributed by atoms with van der Waals surface area (Å²) in [4.78, 5) is 0. The summed E-state index contributed by atoms with van der Waals surface area (Å²) in [5.74, 6) is 1.75. The van der Waals surface area contributed by atoms with Crippen molar-refractivity contribution in [3.8, 4) is 11.5 Å². The second-order valence-corrected chi connectivity index (χ2v) is 5.34. The minimum Gasteiger partial charge on any atom is -0.457 e. The first-order valence-electron chi connectivity index (χ1n) is 7.91. The second-order valence-electron chi connectivity index (χ2n) is 5.34. The number of hydrogen-bond acceptors (Lipinski definition) is 1. The van der Waals surface area contributed by atoms with Crippen molar-refractivity contribution >= 4 is 11.6 Å². The molecule has 0 unspecified atom stereocenters. The van der Waals surface area contributed by atoms with E-state index in [4.69, 9.17) is 4.74 Å². The van der Waals surface area contributed by atoms with E-state index in [1.165, 1.54) is 17.6 Å². The first kappa shape index (κ1) is 16.1. The Kier molecular flexibility index (Phi) is 6.02. The molecule has 0 saturated heterocycles.